The van der Waals surface area contributed by atoms with Crippen LogP contribution >= 0.6 is 24.2 Å². The van der Waals surface area contributed by atoms with Crippen molar-refractivity contribution in [2.45, 2.75) is 31.4 Å². The lowest BCUT2D eigenvalue weighted by atomic mass is 9.85. The van der Waals surface area contributed by atoms with Crippen molar-refractivity contribution in [2.24, 2.45) is 0 Å². The molecule has 4 rings (SSSR count). The van der Waals surface area contributed by atoms with Gasteiger partial charge < -0.3 is 5.32 Å². The third kappa shape index (κ3) is 3.05. The SMILES string of the molecule is C1=CC2=C(Cc3ccccc3CS2)C(=C2CCNCC2)C1.Cl. The van der Waals surface area contributed by atoms with Crippen molar-refractivity contribution in [1.29, 1.82) is 0 Å². The largest absolute Gasteiger partial charge is 0.316 e. The van der Waals surface area contributed by atoms with E-state index in [1.165, 1.54) is 28.9 Å². The lowest BCUT2D eigenvalue weighted by Gasteiger charge is -2.24. The molecule has 1 aromatic rings. The van der Waals surface area contributed by atoms with Gasteiger partial charge in [0.1, 0.15) is 0 Å². The van der Waals surface area contributed by atoms with Crippen LogP contribution in [-0.2, 0) is 12.2 Å². The van der Waals surface area contributed by atoms with Gasteiger partial charge in [0.2, 0.25) is 0 Å². The van der Waals surface area contributed by atoms with Crippen molar-refractivity contribution in [1.82, 2.24) is 5.32 Å². The smallest absolute Gasteiger partial charge is 0.0234 e. The van der Waals surface area contributed by atoms with Crippen LogP contribution in [0.3, 0.4) is 0 Å². The van der Waals surface area contributed by atoms with Gasteiger partial charge in [-0.15, -0.1) is 24.2 Å². The zero-order valence-corrected chi connectivity index (χ0v) is 14.4. The molecule has 1 fully saturated rings. The van der Waals surface area contributed by atoms with Crippen LogP contribution < -0.4 is 5.32 Å². The van der Waals surface area contributed by atoms with E-state index >= 15 is 0 Å². The number of halogens is 1. The van der Waals surface area contributed by atoms with Gasteiger partial charge in [-0.25, -0.2) is 0 Å². The Morgan fingerprint density at radius 3 is 2.55 bits per heavy atom. The van der Waals surface area contributed by atoms with Gasteiger partial charge >= 0.3 is 0 Å². The second kappa shape index (κ2) is 7.08. The highest BCUT2D eigenvalue weighted by Crippen LogP contribution is 2.41. The molecule has 22 heavy (non-hydrogen) atoms. The molecule has 1 saturated heterocycles. The Balaban J connectivity index is 0.00000144. The van der Waals surface area contributed by atoms with Crippen molar-refractivity contribution < 1.29 is 0 Å². The zero-order chi connectivity index (χ0) is 14.1. The summed E-state index contributed by atoms with van der Waals surface area (Å²) in [6.07, 6.45) is 9.44. The highest BCUT2D eigenvalue weighted by atomic mass is 35.5. The average Bonchev–Trinajstić information content (AvgIpc) is 2.74. The summed E-state index contributed by atoms with van der Waals surface area (Å²) >= 11 is 2.02. The summed E-state index contributed by atoms with van der Waals surface area (Å²) in [7, 11) is 0. The fraction of sp³-hybridized carbons (Fsp3) is 0.368. The van der Waals surface area contributed by atoms with Crippen LogP contribution in [0.5, 0.6) is 0 Å². The predicted molar refractivity (Wildman–Crippen MR) is 98.6 cm³/mol. The lowest BCUT2D eigenvalue weighted by molar-refractivity contribution is 0.603. The summed E-state index contributed by atoms with van der Waals surface area (Å²) in [5, 5.41) is 3.48. The molecule has 1 nitrogen and oxygen atoms in total. The summed E-state index contributed by atoms with van der Waals surface area (Å²) in [6.45, 7) is 2.30. The number of hydrogen-bond acceptors (Lipinski definition) is 2. The molecular formula is C19H22ClNS. The summed E-state index contributed by atoms with van der Waals surface area (Å²) < 4.78 is 0. The van der Waals surface area contributed by atoms with Crippen molar-refractivity contribution in [2.75, 3.05) is 13.1 Å². The predicted octanol–water partition coefficient (Wildman–Crippen LogP) is 4.79. The van der Waals surface area contributed by atoms with Crippen molar-refractivity contribution in [3.8, 4) is 0 Å². The molecule has 0 atom stereocenters. The first-order valence-electron chi connectivity index (χ1n) is 7.93. The third-order valence-corrected chi connectivity index (χ3v) is 5.90. The fourth-order valence-corrected chi connectivity index (χ4v) is 4.74. The van der Waals surface area contributed by atoms with E-state index in [4.69, 9.17) is 0 Å². The van der Waals surface area contributed by atoms with Gasteiger partial charge in [0.15, 0.2) is 0 Å². The van der Waals surface area contributed by atoms with Gasteiger partial charge in [-0.05, 0) is 61.0 Å². The molecule has 116 valence electrons. The first-order chi connectivity index (χ1) is 10.4. The Hall–Kier alpha value is -0.960. The number of hydrogen-bond donors (Lipinski definition) is 1. The molecule has 0 saturated carbocycles. The molecule has 1 aromatic carbocycles. The van der Waals surface area contributed by atoms with Gasteiger partial charge in [0.25, 0.3) is 0 Å². The normalized spacial score (nSPS) is 20.9. The number of nitrogens with one attached hydrogen (secondary N) is 1. The van der Waals surface area contributed by atoms with E-state index in [9.17, 15) is 0 Å². The molecule has 3 aliphatic rings. The fourth-order valence-electron chi connectivity index (χ4n) is 3.59. The lowest BCUT2D eigenvalue weighted by Crippen LogP contribution is -2.24. The Morgan fingerprint density at radius 2 is 1.73 bits per heavy atom. The first kappa shape index (κ1) is 15.9. The van der Waals surface area contributed by atoms with Crippen LogP contribution in [0.4, 0.5) is 0 Å². The van der Waals surface area contributed by atoms with E-state index in [1.807, 2.05) is 11.8 Å². The number of rotatable bonds is 0. The van der Waals surface area contributed by atoms with E-state index in [1.54, 1.807) is 16.7 Å². The standard InChI is InChI=1S/C19H21NS.ClH/c1-2-5-16-13-21-19-7-3-6-17(14-8-10-20-11-9-14)18(19)12-15(16)4-1;/h1-5,7,20H,6,8-13H2;1H. The van der Waals surface area contributed by atoms with Crippen LogP contribution in [0.1, 0.15) is 30.4 Å². The quantitative estimate of drug-likeness (QED) is 0.733. The molecular weight excluding hydrogens is 310 g/mol. The molecule has 0 bridgehead atoms. The maximum atomic E-state index is 3.48. The number of piperidine rings is 1. The van der Waals surface area contributed by atoms with Crippen LogP contribution in [-0.4, -0.2) is 13.1 Å². The molecule has 0 amide bonds. The van der Waals surface area contributed by atoms with E-state index < -0.39 is 0 Å². The maximum absolute atomic E-state index is 3.48. The minimum Gasteiger partial charge on any atom is -0.316 e. The Morgan fingerprint density at radius 1 is 0.955 bits per heavy atom. The third-order valence-electron chi connectivity index (χ3n) is 4.76. The van der Waals surface area contributed by atoms with Crippen LogP contribution in [0.25, 0.3) is 0 Å². The highest BCUT2D eigenvalue weighted by molar-refractivity contribution is 8.02. The number of allylic oxidation sites excluding steroid dienone is 4. The molecule has 0 radical (unpaired) electrons. The van der Waals surface area contributed by atoms with E-state index in [2.05, 4.69) is 41.7 Å². The molecule has 1 aliphatic carbocycles. The van der Waals surface area contributed by atoms with Crippen molar-refractivity contribution in [3.05, 3.63) is 69.2 Å². The minimum atomic E-state index is 0. The van der Waals surface area contributed by atoms with Gasteiger partial charge in [-0.1, -0.05) is 42.0 Å². The summed E-state index contributed by atoms with van der Waals surface area (Å²) in [4.78, 5) is 1.51. The number of benzene rings is 1. The molecule has 2 aliphatic heterocycles. The number of fused-ring (bicyclic) bond motifs is 1. The Kier molecular flexibility index (Phi) is 5.12. The molecule has 0 spiro atoms. The van der Waals surface area contributed by atoms with Crippen LogP contribution in [0, 0.1) is 0 Å². The zero-order valence-electron chi connectivity index (χ0n) is 12.7. The van der Waals surface area contributed by atoms with E-state index in [0.29, 0.717) is 0 Å². The van der Waals surface area contributed by atoms with Gasteiger partial charge in [-0.3, -0.25) is 0 Å². The summed E-state index contributed by atoms with van der Waals surface area (Å²) in [5.41, 5.74) is 8.01. The van der Waals surface area contributed by atoms with E-state index in [-0.39, 0.29) is 12.4 Å². The minimum absolute atomic E-state index is 0. The van der Waals surface area contributed by atoms with Crippen molar-refractivity contribution in [3.63, 3.8) is 0 Å². The topological polar surface area (TPSA) is 12.0 Å². The first-order valence-corrected chi connectivity index (χ1v) is 8.91. The van der Waals surface area contributed by atoms with Gasteiger partial charge in [-0.2, -0.15) is 0 Å². The summed E-state index contributed by atoms with van der Waals surface area (Å²) in [6, 6.07) is 8.97. The Bertz CT molecular complexity index is 649. The van der Waals surface area contributed by atoms with Gasteiger partial charge in [0.05, 0.1) is 0 Å². The second-order valence-electron chi connectivity index (χ2n) is 6.02. The molecule has 2 heterocycles. The highest BCUT2D eigenvalue weighted by Gasteiger charge is 2.22. The molecule has 0 unspecified atom stereocenters. The van der Waals surface area contributed by atoms with Crippen molar-refractivity contribution >= 4 is 24.2 Å². The van der Waals surface area contributed by atoms with E-state index in [0.717, 1.165) is 31.7 Å². The summed E-state index contributed by atoms with van der Waals surface area (Å²) in [5.74, 6) is 1.11. The molecule has 3 heteroatoms. The number of thioether (sulfide) groups is 1. The second-order valence-corrected chi connectivity index (χ2v) is 7.03. The Labute approximate surface area is 143 Å². The monoisotopic (exact) mass is 331 g/mol. The molecule has 1 N–H and O–H groups in total. The van der Waals surface area contributed by atoms with Crippen LogP contribution in [0.2, 0.25) is 0 Å². The average molecular weight is 332 g/mol. The molecule has 0 aromatic heterocycles. The maximum Gasteiger partial charge on any atom is 0.0234 e. The van der Waals surface area contributed by atoms with Crippen LogP contribution in [0.15, 0.2) is 58.0 Å². The van der Waals surface area contributed by atoms with Gasteiger partial charge in [0, 0.05) is 10.7 Å².